The van der Waals surface area contributed by atoms with Crippen LogP contribution in [0, 0.1) is 5.92 Å². The molecule has 1 saturated heterocycles. The zero-order valence-electron chi connectivity index (χ0n) is 9.80. The summed E-state index contributed by atoms with van der Waals surface area (Å²) >= 11 is 5.71. The van der Waals surface area contributed by atoms with Crippen LogP contribution in [0.3, 0.4) is 0 Å². The number of urea groups is 1. The molecular weight excluding hydrogens is 272 g/mol. The Morgan fingerprint density at radius 1 is 1.32 bits per heavy atom. The van der Waals surface area contributed by atoms with Gasteiger partial charge in [0.25, 0.3) is 0 Å². The van der Waals surface area contributed by atoms with Gasteiger partial charge in [0, 0.05) is 17.3 Å². The van der Waals surface area contributed by atoms with E-state index in [1.54, 1.807) is 24.3 Å². The predicted molar refractivity (Wildman–Crippen MR) is 67.9 cm³/mol. The second-order valence-corrected chi connectivity index (χ2v) is 4.54. The van der Waals surface area contributed by atoms with E-state index in [2.05, 4.69) is 5.32 Å². The van der Waals surface area contributed by atoms with E-state index in [-0.39, 0.29) is 13.0 Å². The Hall–Kier alpha value is -2.08. The van der Waals surface area contributed by atoms with E-state index in [4.69, 9.17) is 16.7 Å². The van der Waals surface area contributed by atoms with E-state index in [0.29, 0.717) is 10.7 Å². The number of likely N-dealkylation sites (tertiary alicyclic amines) is 1. The molecule has 1 aliphatic heterocycles. The second-order valence-electron chi connectivity index (χ2n) is 4.11. The molecule has 2 rings (SSSR count). The molecule has 0 spiro atoms. The number of halogens is 1. The number of amides is 3. The summed E-state index contributed by atoms with van der Waals surface area (Å²) in [5.41, 5.74) is 0.487. The third kappa shape index (κ3) is 2.85. The number of nitrogens with zero attached hydrogens (tertiary/aromatic N) is 1. The number of carboxylic acids is 1. The lowest BCUT2D eigenvalue weighted by molar-refractivity contribution is -0.146. The molecule has 1 aromatic rings. The Bertz CT molecular complexity index is 529. The number of benzene rings is 1. The maximum Gasteiger partial charge on any atom is 0.328 e. The van der Waals surface area contributed by atoms with Gasteiger partial charge in [0.1, 0.15) is 5.92 Å². The number of hydrogen-bond acceptors (Lipinski definition) is 3. The monoisotopic (exact) mass is 282 g/mol. The van der Waals surface area contributed by atoms with Gasteiger partial charge in [0.2, 0.25) is 5.91 Å². The number of nitrogens with one attached hydrogen (secondary N) is 1. The molecule has 3 amide bonds. The number of rotatable bonds is 2. The maximum atomic E-state index is 11.8. The lowest BCUT2D eigenvalue weighted by Crippen LogP contribution is -2.38. The second kappa shape index (κ2) is 5.27. The van der Waals surface area contributed by atoms with Crippen molar-refractivity contribution in [1.29, 1.82) is 0 Å². The van der Waals surface area contributed by atoms with Gasteiger partial charge < -0.3 is 10.4 Å². The fourth-order valence-electron chi connectivity index (χ4n) is 1.83. The van der Waals surface area contributed by atoms with Gasteiger partial charge in [0.05, 0.1) is 0 Å². The average Bonchev–Trinajstić information content (AvgIpc) is 2.74. The van der Waals surface area contributed by atoms with Crippen LogP contribution in [-0.2, 0) is 9.59 Å². The van der Waals surface area contributed by atoms with Crippen molar-refractivity contribution in [2.45, 2.75) is 6.42 Å². The van der Waals surface area contributed by atoms with Gasteiger partial charge >= 0.3 is 12.0 Å². The molecule has 2 N–H and O–H groups in total. The largest absolute Gasteiger partial charge is 0.481 e. The Kier molecular flexibility index (Phi) is 3.71. The van der Waals surface area contributed by atoms with Crippen LogP contribution in [0.4, 0.5) is 10.5 Å². The van der Waals surface area contributed by atoms with Crippen molar-refractivity contribution in [2.75, 3.05) is 11.9 Å². The van der Waals surface area contributed by atoms with E-state index in [0.717, 1.165) is 4.90 Å². The highest BCUT2D eigenvalue weighted by Gasteiger charge is 2.39. The van der Waals surface area contributed by atoms with Crippen molar-refractivity contribution in [1.82, 2.24) is 4.90 Å². The Morgan fingerprint density at radius 2 is 1.95 bits per heavy atom. The summed E-state index contributed by atoms with van der Waals surface area (Å²) in [5.74, 6) is -3.01. The standard InChI is InChI=1S/C12H11ClN2O4/c13-7-1-3-8(4-2-7)14-12(19)15-6-5-9(10(15)16)11(17)18/h1-4,9H,5-6H2,(H,14,19)(H,17,18). The molecule has 0 saturated carbocycles. The van der Waals surface area contributed by atoms with Crippen molar-refractivity contribution in [3.8, 4) is 0 Å². The van der Waals surface area contributed by atoms with Gasteiger partial charge in [0.15, 0.2) is 0 Å². The fraction of sp³-hybridized carbons (Fsp3) is 0.250. The Labute approximate surface area is 114 Å². The molecule has 0 radical (unpaired) electrons. The number of imide groups is 1. The predicted octanol–water partition coefficient (Wildman–Crippen LogP) is 1.80. The van der Waals surface area contributed by atoms with Crippen LogP contribution in [0.5, 0.6) is 0 Å². The van der Waals surface area contributed by atoms with Crippen molar-refractivity contribution in [2.24, 2.45) is 5.92 Å². The third-order valence-corrected chi connectivity index (χ3v) is 3.10. The van der Waals surface area contributed by atoms with Gasteiger partial charge in [-0.25, -0.2) is 4.79 Å². The Morgan fingerprint density at radius 3 is 2.47 bits per heavy atom. The lowest BCUT2D eigenvalue weighted by atomic mass is 10.1. The van der Waals surface area contributed by atoms with Crippen molar-refractivity contribution in [3.63, 3.8) is 0 Å². The molecule has 0 aliphatic carbocycles. The van der Waals surface area contributed by atoms with Crippen molar-refractivity contribution >= 4 is 35.2 Å². The van der Waals surface area contributed by atoms with E-state index in [9.17, 15) is 14.4 Å². The molecular formula is C12H11ClN2O4. The van der Waals surface area contributed by atoms with Crippen LogP contribution in [-0.4, -0.2) is 34.5 Å². The molecule has 7 heteroatoms. The normalized spacial score (nSPS) is 18.5. The first-order chi connectivity index (χ1) is 8.99. The Balaban J connectivity index is 2.03. The van der Waals surface area contributed by atoms with Crippen LogP contribution in [0.1, 0.15) is 6.42 Å². The number of carboxylic acid groups (broad SMARTS) is 1. The van der Waals surface area contributed by atoms with Crippen molar-refractivity contribution < 1.29 is 19.5 Å². The molecule has 19 heavy (non-hydrogen) atoms. The first-order valence-corrected chi connectivity index (χ1v) is 5.97. The fourth-order valence-corrected chi connectivity index (χ4v) is 1.96. The van der Waals surface area contributed by atoms with Gasteiger partial charge in [-0.1, -0.05) is 11.6 Å². The molecule has 1 aliphatic rings. The summed E-state index contributed by atoms with van der Waals surface area (Å²) < 4.78 is 0. The number of carbonyl (C=O) groups excluding carboxylic acids is 2. The number of carbonyl (C=O) groups is 3. The highest BCUT2D eigenvalue weighted by Crippen LogP contribution is 2.20. The summed E-state index contributed by atoms with van der Waals surface area (Å²) in [6, 6.07) is 5.76. The minimum absolute atomic E-state index is 0.106. The van der Waals surface area contributed by atoms with Crippen LogP contribution in [0.15, 0.2) is 24.3 Å². The zero-order chi connectivity index (χ0) is 14.0. The molecule has 1 atom stereocenters. The minimum atomic E-state index is -1.20. The SMILES string of the molecule is O=C(O)C1CCN(C(=O)Nc2ccc(Cl)cc2)C1=O. The zero-order valence-corrected chi connectivity index (χ0v) is 10.6. The quantitative estimate of drug-likeness (QED) is 0.810. The smallest absolute Gasteiger partial charge is 0.328 e. The van der Waals surface area contributed by atoms with Gasteiger partial charge in [-0.2, -0.15) is 0 Å². The number of hydrogen-bond donors (Lipinski definition) is 2. The number of anilines is 1. The lowest BCUT2D eigenvalue weighted by Gasteiger charge is -2.15. The minimum Gasteiger partial charge on any atom is -0.481 e. The summed E-state index contributed by atoms with van der Waals surface area (Å²) in [5, 5.41) is 11.9. The molecule has 100 valence electrons. The molecule has 1 unspecified atom stereocenters. The molecule has 6 nitrogen and oxygen atoms in total. The summed E-state index contributed by atoms with van der Waals surface area (Å²) in [4.78, 5) is 35.2. The van der Waals surface area contributed by atoms with E-state index in [1.807, 2.05) is 0 Å². The van der Waals surface area contributed by atoms with E-state index >= 15 is 0 Å². The number of aliphatic carboxylic acids is 1. The van der Waals surface area contributed by atoms with Crippen LogP contribution in [0.25, 0.3) is 0 Å². The topological polar surface area (TPSA) is 86.7 Å². The molecule has 0 aromatic heterocycles. The highest BCUT2D eigenvalue weighted by atomic mass is 35.5. The van der Waals surface area contributed by atoms with E-state index in [1.165, 1.54) is 0 Å². The summed E-state index contributed by atoms with van der Waals surface area (Å²) in [6.45, 7) is 0.106. The average molecular weight is 283 g/mol. The van der Waals surface area contributed by atoms with Crippen LogP contribution in [0.2, 0.25) is 5.02 Å². The highest BCUT2D eigenvalue weighted by molar-refractivity contribution is 6.30. The third-order valence-electron chi connectivity index (χ3n) is 2.84. The van der Waals surface area contributed by atoms with Crippen LogP contribution < -0.4 is 5.32 Å². The van der Waals surface area contributed by atoms with E-state index < -0.39 is 23.8 Å². The van der Waals surface area contributed by atoms with Gasteiger partial charge in [-0.15, -0.1) is 0 Å². The first-order valence-electron chi connectivity index (χ1n) is 5.60. The maximum absolute atomic E-state index is 11.8. The summed E-state index contributed by atoms with van der Waals surface area (Å²) in [6.07, 6.45) is 0.141. The van der Waals surface area contributed by atoms with Gasteiger partial charge in [-0.05, 0) is 30.7 Å². The molecule has 1 heterocycles. The van der Waals surface area contributed by atoms with Crippen LogP contribution >= 0.6 is 11.6 Å². The molecule has 1 aromatic carbocycles. The summed E-state index contributed by atoms with van der Waals surface area (Å²) in [7, 11) is 0. The first kappa shape index (κ1) is 13.4. The van der Waals surface area contributed by atoms with Crippen molar-refractivity contribution in [3.05, 3.63) is 29.3 Å². The molecule has 0 bridgehead atoms. The molecule has 1 fully saturated rings. The van der Waals surface area contributed by atoms with Gasteiger partial charge in [-0.3, -0.25) is 14.5 Å².